The zero-order valence-electron chi connectivity index (χ0n) is 14.7. The van der Waals surface area contributed by atoms with Crippen LogP contribution >= 0.6 is 19.2 Å². The van der Waals surface area contributed by atoms with Crippen LogP contribution in [-0.2, 0) is 18.8 Å². The lowest BCUT2D eigenvalue weighted by Crippen LogP contribution is -2.38. The summed E-state index contributed by atoms with van der Waals surface area (Å²) in [5.41, 5.74) is 5.89. The second-order valence-electron chi connectivity index (χ2n) is 6.09. The number of rotatable bonds is 6. The molecule has 160 valence electrons. The maximum Gasteiger partial charge on any atom is 0.363 e. The van der Waals surface area contributed by atoms with Crippen LogP contribution in [-0.4, -0.2) is 78.2 Å². The number of aromatic nitrogens is 4. The maximum absolute atomic E-state index is 14.7. The second-order valence-corrected chi connectivity index (χ2v) is 8.08. The fourth-order valence-electron chi connectivity index (χ4n) is 2.80. The summed E-state index contributed by atoms with van der Waals surface area (Å²) in [6.45, 7) is -0.675. The third kappa shape index (κ3) is 4.19. The molecule has 1 aliphatic heterocycles. The van der Waals surface area contributed by atoms with Crippen molar-refractivity contribution in [1.29, 1.82) is 0 Å². The first-order chi connectivity index (χ1) is 13.5. The highest BCUT2D eigenvalue weighted by Crippen LogP contribution is 2.42. The van der Waals surface area contributed by atoms with Gasteiger partial charge in [0.05, 0.1) is 12.9 Å². The third-order valence-electron chi connectivity index (χ3n) is 4.18. The lowest BCUT2D eigenvalue weighted by Gasteiger charge is -2.21. The molecule has 0 aromatic carbocycles. The number of fused-ring (bicyclic) bond motifs is 1. The molecule has 1 unspecified atom stereocenters. The smallest absolute Gasteiger partial charge is 0.363 e. The first kappa shape index (κ1) is 21.8. The molecule has 5 atom stereocenters. The summed E-state index contributed by atoms with van der Waals surface area (Å²) in [6.07, 6.45) is -5.30. The highest BCUT2D eigenvalue weighted by molar-refractivity contribution is 7.53. The van der Waals surface area contributed by atoms with Gasteiger partial charge in [-0.15, -0.1) is 0 Å². The Balaban J connectivity index is 1.81. The van der Waals surface area contributed by atoms with Gasteiger partial charge in [-0.05, 0) is 11.6 Å². The summed E-state index contributed by atoms with van der Waals surface area (Å²) in [5, 5.41) is 12.0. The van der Waals surface area contributed by atoms with E-state index in [-0.39, 0.29) is 22.3 Å². The van der Waals surface area contributed by atoms with Gasteiger partial charge in [0.25, 0.3) is 5.91 Å². The van der Waals surface area contributed by atoms with Crippen molar-refractivity contribution in [3.63, 3.8) is 0 Å². The van der Waals surface area contributed by atoms with Crippen LogP contribution < -0.4 is 11.1 Å². The molecule has 3 rings (SSSR count). The molecule has 29 heavy (non-hydrogen) atoms. The van der Waals surface area contributed by atoms with Gasteiger partial charge in [-0.25, -0.2) is 9.37 Å². The Morgan fingerprint density at radius 1 is 1.55 bits per heavy atom. The van der Waals surface area contributed by atoms with Crippen LogP contribution in [0.2, 0.25) is 5.28 Å². The SMILES string of the molecule is CNC(=O)C(OC[C@H]1O[C@@H](n2cnc3c(N)nc(Cl)nc32)[C@@H](F)[C@@H]1O)P(=O)(O)O. The van der Waals surface area contributed by atoms with Crippen molar-refractivity contribution in [2.24, 2.45) is 0 Å². The number of nitrogens with two attached hydrogens (primary N) is 1. The number of nitrogens with zero attached hydrogens (tertiary/aromatic N) is 4. The molecule has 0 radical (unpaired) electrons. The van der Waals surface area contributed by atoms with Gasteiger partial charge in [-0.2, -0.15) is 9.97 Å². The molecule has 1 aliphatic rings. The Labute approximate surface area is 167 Å². The molecule has 6 N–H and O–H groups in total. The average molecular weight is 455 g/mol. The Kier molecular flexibility index (Phi) is 6.06. The van der Waals surface area contributed by atoms with Gasteiger partial charge in [0.2, 0.25) is 11.1 Å². The fourth-order valence-corrected chi connectivity index (χ4v) is 3.68. The summed E-state index contributed by atoms with van der Waals surface area (Å²) in [5.74, 6) is -3.26. The minimum atomic E-state index is -4.97. The summed E-state index contributed by atoms with van der Waals surface area (Å²) in [7, 11) is -3.81. The molecule has 0 spiro atoms. The van der Waals surface area contributed by atoms with Crippen LogP contribution in [0.25, 0.3) is 11.2 Å². The van der Waals surface area contributed by atoms with Crippen molar-refractivity contribution in [3.8, 4) is 0 Å². The highest BCUT2D eigenvalue weighted by atomic mass is 35.5. The Morgan fingerprint density at radius 2 is 2.24 bits per heavy atom. The van der Waals surface area contributed by atoms with Crippen LogP contribution in [0.3, 0.4) is 0 Å². The van der Waals surface area contributed by atoms with E-state index in [0.717, 1.165) is 11.6 Å². The quantitative estimate of drug-likeness (QED) is 0.263. The van der Waals surface area contributed by atoms with Crippen LogP contribution in [0.4, 0.5) is 10.2 Å². The molecule has 1 amide bonds. The lowest BCUT2D eigenvalue weighted by molar-refractivity contribution is -0.132. The molecule has 2 aromatic heterocycles. The van der Waals surface area contributed by atoms with E-state index in [1.165, 1.54) is 6.33 Å². The number of imidazole rings is 1. The van der Waals surface area contributed by atoms with Crippen molar-refractivity contribution in [2.45, 2.75) is 30.5 Å². The zero-order chi connectivity index (χ0) is 21.5. The first-order valence-electron chi connectivity index (χ1n) is 8.06. The van der Waals surface area contributed by atoms with Crippen molar-refractivity contribution in [1.82, 2.24) is 24.8 Å². The lowest BCUT2D eigenvalue weighted by atomic mass is 10.1. The fraction of sp³-hybridized carbons (Fsp3) is 0.538. The monoisotopic (exact) mass is 454 g/mol. The number of carbonyl (C=O) groups is 1. The maximum atomic E-state index is 14.7. The molecular formula is C13H17ClFN6O7P. The predicted molar refractivity (Wildman–Crippen MR) is 95.4 cm³/mol. The summed E-state index contributed by atoms with van der Waals surface area (Å²) >= 11 is 5.76. The minimum Gasteiger partial charge on any atom is -0.387 e. The van der Waals surface area contributed by atoms with Crippen LogP contribution in [0.15, 0.2) is 6.33 Å². The molecule has 0 saturated carbocycles. The number of aliphatic hydroxyl groups excluding tert-OH is 1. The normalized spacial score (nSPS) is 26.0. The third-order valence-corrected chi connectivity index (χ3v) is 5.35. The standard InChI is InChI=1S/C13H17ClFN6O7P/c1-17-10(23)12(29(24,25)26)27-2-4-7(22)5(15)11(28-4)21-3-18-6-8(16)19-13(14)20-9(6)21/h3-5,7,11-12,22H,2H2,1H3,(H,17,23)(H2,16,19,20)(H2,24,25,26)/t4-,5+,7-,11-,12?/m1/s1. The van der Waals surface area contributed by atoms with E-state index in [4.69, 9.17) is 26.8 Å². The molecule has 3 heterocycles. The minimum absolute atomic E-state index is 0.0392. The Hall–Kier alpha value is -1.93. The Morgan fingerprint density at radius 3 is 2.86 bits per heavy atom. The number of halogens is 2. The van der Waals surface area contributed by atoms with Gasteiger partial charge < -0.3 is 35.4 Å². The van der Waals surface area contributed by atoms with Gasteiger partial charge in [0.1, 0.15) is 17.7 Å². The molecule has 0 bridgehead atoms. The van der Waals surface area contributed by atoms with E-state index in [9.17, 15) is 28.6 Å². The number of alkyl halides is 1. The molecule has 1 saturated heterocycles. The molecule has 13 nitrogen and oxygen atoms in total. The molecule has 0 aliphatic carbocycles. The Bertz CT molecular complexity index is 973. The van der Waals surface area contributed by atoms with Crippen LogP contribution in [0, 0.1) is 0 Å². The van der Waals surface area contributed by atoms with E-state index in [2.05, 4.69) is 15.0 Å². The van der Waals surface area contributed by atoms with E-state index >= 15 is 0 Å². The second kappa shape index (κ2) is 8.07. The number of nitrogens with one attached hydrogen (secondary N) is 1. The van der Waals surface area contributed by atoms with Crippen LogP contribution in [0.5, 0.6) is 0 Å². The molecule has 2 aromatic rings. The van der Waals surface area contributed by atoms with Gasteiger partial charge in [0, 0.05) is 7.05 Å². The van der Waals surface area contributed by atoms with E-state index in [0.29, 0.717) is 0 Å². The van der Waals surface area contributed by atoms with Gasteiger partial charge >= 0.3 is 7.60 Å². The number of aliphatic hydroxyl groups is 1. The number of hydrogen-bond acceptors (Lipinski definition) is 9. The zero-order valence-corrected chi connectivity index (χ0v) is 16.4. The number of amides is 1. The summed E-state index contributed by atoms with van der Waals surface area (Å²) < 4.78 is 37.6. The number of likely N-dealkylation sites (N-methyl/N-ethyl adjacent to an activating group) is 1. The number of hydrogen-bond donors (Lipinski definition) is 5. The van der Waals surface area contributed by atoms with Gasteiger partial charge in [-0.1, -0.05) is 0 Å². The molecule has 1 fully saturated rings. The van der Waals surface area contributed by atoms with E-state index < -0.39 is 50.6 Å². The first-order valence-corrected chi connectivity index (χ1v) is 10.1. The van der Waals surface area contributed by atoms with Gasteiger partial charge in [-0.3, -0.25) is 13.9 Å². The van der Waals surface area contributed by atoms with Crippen molar-refractivity contribution in [3.05, 3.63) is 11.6 Å². The van der Waals surface area contributed by atoms with Crippen molar-refractivity contribution < 1.29 is 38.1 Å². The molecular weight excluding hydrogens is 438 g/mol. The highest BCUT2D eigenvalue weighted by Gasteiger charge is 2.47. The summed E-state index contributed by atoms with van der Waals surface area (Å²) in [6, 6.07) is 0. The van der Waals surface area contributed by atoms with E-state index in [1.807, 2.05) is 5.32 Å². The van der Waals surface area contributed by atoms with Gasteiger partial charge in [0.15, 0.2) is 23.9 Å². The number of ether oxygens (including phenoxy) is 2. The number of anilines is 1. The number of carbonyl (C=O) groups excluding carboxylic acids is 1. The van der Waals surface area contributed by atoms with E-state index in [1.54, 1.807) is 0 Å². The topological polar surface area (TPSA) is 195 Å². The van der Waals surface area contributed by atoms with Crippen molar-refractivity contribution >= 4 is 42.1 Å². The summed E-state index contributed by atoms with van der Waals surface area (Å²) in [4.78, 5) is 41.7. The largest absolute Gasteiger partial charge is 0.387 e. The van der Waals surface area contributed by atoms with Crippen LogP contribution in [0.1, 0.15) is 6.23 Å². The van der Waals surface area contributed by atoms with Crippen molar-refractivity contribution in [2.75, 3.05) is 19.4 Å². The number of nitrogen functional groups attached to an aromatic ring is 1. The average Bonchev–Trinajstić information content (AvgIpc) is 3.16. The predicted octanol–water partition coefficient (Wildman–Crippen LogP) is -1.08. The molecule has 16 heteroatoms.